The van der Waals surface area contributed by atoms with Crippen LogP contribution in [0.25, 0.3) is 27.9 Å². The van der Waals surface area contributed by atoms with Gasteiger partial charge in [-0.15, -0.1) is 0 Å². The maximum Gasteiger partial charge on any atom is 0.306 e. The van der Waals surface area contributed by atoms with Crippen LogP contribution in [-0.2, 0) is 20.9 Å². The molecule has 8 heteroatoms. The van der Waals surface area contributed by atoms with Crippen molar-refractivity contribution in [2.24, 2.45) is 0 Å². The Bertz CT molecular complexity index is 1860. The van der Waals surface area contributed by atoms with Crippen molar-refractivity contribution in [3.05, 3.63) is 108 Å². The number of allylic oxidation sites excluding steroid dienone is 1. The number of nitrogens with zero attached hydrogens (tertiary/aromatic N) is 2. The summed E-state index contributed by atoms with van der Waals surface area (Å²) >= 11 is 0. The number of ether oxygens (including phenoxy) is 3. The molecule has 45 heavy (non-hydrogen) atoms. The lowest BCUT2D eigenvalue weighted by Gasteiger charge is -2.36. The number of hydrogen-bond acceptors (Lipinski definition) is 7. The standard InChI is InChI=1S/C37H34N2O6/c1-24(39(36(40)21-29-16-18-37(41)44-29)22-25-13-14-26-7-2-3-8-27(26)19-25)30(28-15-17-33-34(20-28)43-23-42-33)9-6-12-35-38-31-10-4-5-11-32(31)45-35/h2-8,10-15,17,19-20,24,29-30H,9,16,18,21-23H2,1H3/b12-6+. The fourth-order valence-corrected chi connectivity index (χ4v) is 6.28. The second kappa shape index (κ2) is 12.5. The Labute approximate surface area is 261 Å². The van der Waals surface area contributed by atoms with Gasteiger partial charge in [-0.2, -0.15) is 0 Å². The zero-order valence-electron chi connectivity index (χ0n) is 25.1. The number of oxazole rings is 1. The largest absolute Gasteiger partial charge is 0.462 e. The lowest BCUT2D eigenvalue weighted by atomic mass is 9.87. The van der Waals surface area contributed by atoms with Crippen molar-refractivity contribution in [3.63, 3.8) is 0 Å². The molecule has 1 aromatic heterocycles. The second-order valence-electron chi connectivity index (χ2n) is 11.7. The average molecular weight is 603 g/mol. The monoisotopic (exact) mass is 602 g/mol. The van der Waals surface area contributed by atoms with Gasteiger partial charge in [0, 0.05) is 24.9 Å². The van der Waals surface area contributed by atoms with E-state index in [-0.39, 0.29) is 37.0 Å². The van der Waals surface area contributed by atoms with Gasteiger partial charge in [-0.3, -0.25) is 9.59 Å². The van der Waals surface area contributed by atoms with Crippen molar-refractivity contribution in [1.82, 2.24) is 9.88 Å². The van der Waals surface area contributed by atoms with Crippen LogP contribution in [0.2, 0.25) is 0 Å². The fourth-order valence-electron chi connectivity index (χ4n) is 6.28. The molecule has 2 aliphatic heterocycles. The molecule has 0 bridgehead atoms. The van der Waals surface area contributed by atoms with Crippen molar-refractivity contribution in [1.29, 1.82) is 0 Å². The summed E-state index contributed by atoms with van der Waals surface area (Å²) in [5.74, 6) is 1.53. The van der Waals surface area contributed by atoms with Crippen LogP contribution >= 0.6 is 0 Å². The van der Waals surface area contributed by atoms with E-state index in [0.29, 0.717) is 43.2 Å². The third-order valence-electron chi connectivity index (χ3n) is 8.72. The van der Waals surface area contributed by atoms with Crippen molar-refractivity contribution in [3.8, 4) is 11.5 Å². The zero-order chi connectivity index (χ0) is 30.8. The number of cyclic esters (lactones) is 1. The Hall–Kier alpha value is -5.11. The zero-order valence-corrected chi connectivity index (χ0v) is 25.1. The first kappa shape index (κ1) is 28.6. The first-order valence-electron chi connectivity index (χ1n) is 15.4. The van der Waals surface area contributed by atoms with E-state index < -0.39 is 6.10 Å². The number of aromatic nitrogens is 1. The van der Waals surface area contributed by atoms with Gasteiger partial charge in [0.1, 0.15) is 11.6 Å². The second-order valence-corrected chi connectivity index (χ2v) is 11.7. The molecule has 1 fully saturated rings. The van der Waals surface area contributed by atoms with Gasteiger partial charge >= 0.3 is 5.97 Å². The third kappa shape index (κ3) is 6.27. The summed E-state index contributed by atoms with van der Waals surface area (Å²) in [5.41, 5.74) is 3.59. The predicted molar refractivity (Wildman–Crippen MR) is 171 cm³/mol. The number of para-hydroxylation sites is 2. The van der Waals surface area contributed by atoms with Crippen LogP contribution in [-0.4, -0.2) is 40.7 Å². The molecule has 5 aromatic rings. The number of amides is 1. The highest BCUT2D eigenvalue weighted by Crippen LogP contribution is 2.38. The highest BCUT2D eigenvalue weighted by molar-refractivity contribution is 5.83. The van der Waals surface area contributed by atoms with Crippen LogP contribution in [0.15, 0.2) is 95.4 Å². The maximum atomic E-state index is 14.1. The summed E-state index contributed by atoms with van der Waals surface area (Å²) in [5, 5.41) is 2.26. The number of esters is 1. The molecule has 3 atom stereocenters. The van der Waals surface area contributed by atoms with Gasteiger partial charge in [-0.05, 0) is 78.1 Å². The van der Waals surface area contributed by atoms with Crippen LogP contribution in [0, 0.1) is 0 Å². The highest BCUT2D eigenvalue weighted by atomic mass is 16.7. The summed E-state index contributed by atoms with van der Waals surface area (Å²) in [6, 6.07) is 27.9. The van der Waals surface area contributed by atoms with Crippen molar-refractivity contribution in [2.75, 3.05) is 6.79 Å². The molecule has 0 aliphatic carbocycles. The first-order chi connectivity index (χ1) is 22.0. The highest BCUT2D eigenvalue weighted by Gasteiger charge is 2.33. The molecule has 2 aliphatic rings. The minimum Gasteiger partial charge on any atom is -0.462 e. The van der Waals surface area contributed by atoms with E-state index in [9.17, 15) is 9.59 Å². The lowest BCUT2D eigenvalue weighted by molar-refractivity contribution is -0.144. The van der Waals surface area contributed by atoms with Gasteiger partial charge in [0.2, 0.25) is 18.6 Å². The number of benzene rings is 4. The molecule has 0 spiro atoms. The van der Waals surface area contributed by atoms with E-state index in [1.165, 1.54) is 0 Å². The molecular formula is C37H34N2O6. The number of fused-ring (bicyclic) bond motifs is 3. The van der Waals surface area contributed by atoms with Gasteiger partial charge in [0.05, 0.1) is 6.42 Å². The van der Waals surface area contributed by atoms with E-state index >= 15 is 0 Å². The molecule has 0 saturated carbocycles. The molecule has 3 unspecified atom stereocenters. The molecule has 0 N–H and O–H groups in total. The van der Waals surface area contributed by atoms with Crippen molar-refractivity contribution < 1.29 is 28.2 Å². The Morgan fingerprint density at radius 1 is 0.978 bits per heavy atom. The molecule has 1 saturated heterocycles. The fraction of sp³-hybridized carbons (Fsp3) is 0.270. The lowest BCUT2D eigenvalue weighted by Crippen LogP contribution is -2.42. The van der Waals surface area contributed by atoms with E-state index in [1.54, 1.807) is 0 Å². The van der Waals surface area contributed by atoms with Crippen LogP contribution in [0.3, 0.4) is 0 Å². The molecule has 228 valence electrons. The molecule has 8 nitrogen and oxygen atoms in total. The van der Waals surface area contributed by atoms with Crippen molar-refractivity contribution in [2.45, 2.75) is 57.2 Å². The van der Waals surface area contributed by atoms with E-state index in [1.807, 2.05) is 71.6 Å². The topological polar surface area (TPSA) is 91.1 Å². The number of hydrogen-bond donors (Lipinski definition) is 0. The minimum atomic E-state index is -0.403. The number of carbonyl (C=O) groups excluding carboxylic acids is 2. The quantitative estimate of drug-likeness (QED) is 0.154. The molecule has 3 heterocycles. The summed E-state index contributed by atoms with van der Waals surface area (Å²) in [6.07, 6.45) is 5.20. The van der Waals surface area contributed by atoms with Gasteiger partial charge in [0.15, 0.2) is 17.1 Å². The Balaban J connectivity index is 1.21. The first-order valence-corrected chi connectivity index (χ1v) is 15.4. The maximum absolute atomic E-state index is 14.1. The summed E-state index contributed by atoms with van der Waals surface area (Å²) in [7, 11) is 0. The van der Waals surface area contributed by atoms with Gasteiger partial charge < -0.3 is 23.5 Å². The van der Waals surface area contributed by atoms with E-state index in [0.717, 1.165) is 33.0 Å². The number of rotatable bonds is 10. The third-order valence-corrected chi connectivity index (χ3v) is 8.72. The summed E-state index contributed by atoms with van der Waals surface area (Å²) in [4.78, 5) is 32.4. The van der Waals surface area contributed by atoms with Gasteiger partial charge in [-0.25, -0.2) is 4.98 Å². The molecular weight excluding hydrogens is 568 g/mol. The summed E-state index contributed by atoms with van der Waals surface area (Å²) < 4.78 is 22.7. The molecule has 0 radical (unpaired) electrons. The van der Waals surface area contributed by atoms with Crippen LogP contribution in [0.4, 0.5) is 0 Å². The van der Waals surface area contributed by atoms with Crippen molar-refractivity contribution >= 4 is 39.8 Å². The molecule has 7 rings (SSSR count). The SMILES string of the molecule is CC(C(C/C=C/c1nc2ccccc2o1)c1ccc2c(c1)OCO2)N(Cc1ccc2ccccc2c1)C(=O)CC1CCC(=O)O1. The van der Waals surface area contributed by atoms with Crippen LogP contribution in [0.5, 0.6) is 11.5 Å². The smallest absolute Gasteiger partial charge is 0.306 e. The van der Waals surface area contributed by atoms with Crippen LogP contribution in [0.1, 0.15) is 55.5 Å². The number of carbonyl (C=O) groups is 2. The van der Waals surface area contributed by atoms with E-state index in [4.69, 9.17) is 18.6 Å². The minimum absolute atomic E-state index is 0.0518. The summed E-state index contributed by atoms with van der Waals surface area (Å²) in [6.45, 7) is 2.69. The van der Waals surface area contributed by atoms with Gasteiger partial charge in [0.25, 0.3) is 0 Å². The average Bonchev–Trinajstić information content (AvgIpc) is 3.80. The molecule has 4 aromatic carbocycles. The predicted octanol–water partition coefficient (Wildman–Crippen LogP) is 7.41. The molecule has 1 amide bonds. The van der Waals surface area contributed by atoms with Gasteiger partial charge in [-0.1, -0.05) is 60.7 Å². The Morgan fingerprint density at radius 3 is 2.64 bits per heavy atom. The normalized spacial score (nSPS) is 17.2. The van der Waals surface area contributed by atoms with E-state index in [2.05, 4.69) is 42.2 Å². The Kier molecular flexibility index (Phi) is 7.94. The Morgan fingerprint density at radius 2 is 1.80 bits per heavy atom. The van der Waals surface area contributed by atoms with Crippen LogP contribution < -0.4 is 9.47 Å².